The molecule has 7 nitrogen and oxygen atoms in total. The van der Waals surface area contributed by atoms with E-state index in [1.165, 1.54) is 16.4 Å². The second kappa shape index (κ2) is 6.23. The molecule has 1 aliphatic rings. The van der Waals surface area contributed by atoms with Crippen molar-refractivity contribution in [2.75, 3.05) is 18.8 Å². The first-order chi connectivity index (χ1) is 9.88. The van der Waals surface area contributed by atoms with Gasteiger partial charge in [0.15, 0.2) is 0 Å². The average molecular weight is 312 g/mol. The van der Waals surface area contributed by atoms with Gasteiger partial charge >= 0.3 is 5.97 Å². The van der Waals surface area contributed by atoms with Crippen LogP contribution < -0.4 is 5.32 Å². The standard InChI is InChI=1S/C13H16N2O5S/c16-12(9-15-6-1-7-21(15,19)20)14-8-10-2-4-11(5-3-10)13(17)18/h2-5H,1,6-9H2,(H,14,16)(H,17,18). The molecule has 2 rings (SSSR count). The van der Waals surface area contributed by atoms with E-state index in [9.17, 15) is 18.0 Å². The lowest BCUT2D eigenvalue weighted by molar-refractivity contribution is -0.121. The lowest BCUT2D eigenvalue weighted by Gasteiger charge is -2.13. The van der Waals surface area contributed by atoms with Crippen LogP contribution in [0.2, 0.25) is 0 Å². The highest BCUT2D eigenvalue weighted by Gasteiger charge is 2.29. The molecule has 8 heteroatoms. The third kappa shape index (κ3) is 4.02. The van der Waals surface area contributed by atoms with Crippen LogP contribution in [0.5, 0.6) is 0 Å². The molecule has 0 aliphatic carbocycles. The molecule has 0 radical (unpaired) electrons. The first kappa shape index (κ1) is 15.5. The van der Waals surface area contributed by atoms with Gasteiger partial charge in [-0.2, -0.15) is 4.31 Å². The van der Waals surface area contributed by atoms with Crippen LogP contribution in [-0.4, -0.2) is 48.5 Å². The third-order valence-electron chi connectivity index (χ3n) is 3.21. The van der Waals surface area contributed by atoms with E-state index in [4.69, 9.17) is 5.11 Å². The number of sulfonamides is 1. The Bertz CT molecular complexity index is 639. The molecule has 1 aromatic rings. The number of hydrogen-bond donors (Lipinski definition) is 2. The quantitative estimate of drug-likeness (QED) is 0.798. The van der Waals surface area contributed by atoms with Gasteiger partial charge in [0.2, 0.25) is 15.9 Å². The Morgan fingerprint density at radius 1 is 1.24 bits per heavy atom. The number of benzene rings is 1. The van der Waals surface area contributed by atoms with Gasteiger partial charge in [0.1, 0.15) is 0 Å². The fourth-order valence-electron chi connectivity index (χ4n) is 2.05. The molecule has 114 valence electrons. The summed E-state index contributed by atoms with van der Waals surface area (Å²) in [5.74, 6) is -1.29. The fraction of sp³-hybridized carbons (Fsp3) is 0.385. The summed E-state index contributed by atoms with van der Waals surface area (Å²) >= 11 is 0. The molecule has 1 heterocycles. The van der Waals surface area contributed by atoms with Gasteiger partial charge in [-0.15, -0.1) is 0 Å². The summed E-state index contributed by atoms with van der Waals surface area (Å²) in [7, 11) is -3.27. The highest BCUT2D eigenvalue weighted by molar-refractivity contribution is 7.89. The summed E-state index contributed by atoms with van der Waals surface area (Å²) in [6.45, 7) is 0.436. The van der Waals surface area contributed by atoms with Crippen LogP contribution in [0.4, 0.5) is 0 Å². The Labute approximate surface area is 122 Å². The van der Waals surface area contributed by atoms with E-state index in [-0.39, 0.29) is 30.3 Å². The average Bonchev–Trinajstić information content (AvgIpc) is 2.76. The van der Waals surface area contributed by atoms with Gasteiger partial charge in [0.05, 0.1) is 17.9 Å². The van der Waals surface area contributed by atoms with Crippen molar-refractivity contribution in [1.29, 1.82) is 0 Å². The summed E-state index contributed by atoms with van der Waals surface area (Å²) < 4.78 is 24.3. The van der Waals surface area contributed by atoms with Crippen LogP contribution in [-0.2, 0) is 21.4 Å². The van der Waals surface area contributed by atoms with Crippen LogP contribution in [0.25, 0.3) is 0 Å². The monoisotopic (exact) mass is 312 g/mol. The predicted octanol–water partition coefficient (Wildman–Crippen LogP) is 0.0365. The lowest BCUT2D eigenvalue weighted by Crippen LogP contribution is -2.37. The highest BCUT2D eigenvalue weighted by atomic mass is 32.2. The molecule has 0 aromatic heterocycles. The molecule has 0 atom stereocenters. The number of rotatable bonds is 5. The molecule has 1 amide bonds. The van der Waals surface area contributed by atoms with Crippen molar-refractivity contribution < 1.29 is 23.1 Å². The molecule has 21 heavy (non-hydrogen) atoms. The van der Waals surface area contributed by atoms with Crippen LogP contribution in [0.1, 0.15) is 22.3 Å². The second-order valence-corrected chi connectivity index (χ2v) is 6.87. The van der Waals surface area contributed by atoms with E-state index in [1.807, 2.05) is 0 Å². The lowest BCUT2D eigenvalue weighted by atomic mass is 10.1. The van der Waals surface area contributed by atoms with Crippen molar-refractivity contribution in [2.24, 2.45) is 0 Å². The van der Waals surface area contributed by atoms with Crippen molar-refractivity contribution in [2.45, 2.75) is 13.0 Å². The van der Waals surface area contributed by atoms with Crippen LogP contribution in [0.15, 0.2) is 24.3 Å². The SMILES string of the molecule is O=C(CN1CCCS1(=O)=O)NCc1ccc(C(=O)O)cc1. The van der Waals surface area contributed by atoms with Crippen LogP contribution in [0.3, 0.4) is 0 Å². The molecule has 1 aliphatic heterocycles. The Balaban J connectivity index is 1.85. The summed E-state index contributed by atoms with van der Waals surface area (Å²) in [4.78, 5) is 22.4. The molecule has 1 saturated heterocycles. The summed E-state index contributed by atoms with van der Waals surface area (Å²) in [5.41, 5.74) is 0.922. The maximum atomic E-state index is 11.7. The van der Waals surface area contributed by atoms with Gasteiger partial charge < -0.3 is 10.4 Å². The number of carboxylic acids is 1. The van der Waals surface area contributed by atoms with Gasteiger partial charge in [-0.25, -0.2) is 13.2 Å². The minimum atomic E-state index is -3.27. The number of carbonyl (C=O) groups excluding carboxylic acids is 1. The minimum Gasteiger partial charge on any atom is -0.478 e. The van der Waals surface area contributed by atoms with Crippen molar-refractivity contribution >= 4 is 21.9 Å². The number of nitrogens with zero attached hydrogens (tertiary/aromatic N) is 1. The minimum absolute atomic E-state index is 0.0942. The van der Waals surface area contributed by atoms with Gasteiger partial charge in [0, 0.05) is 13.1 Å². The summed E-state index contributed by atoms with van der Waals surface area (Å²) in [6, 6.07) is 6.12. The Hall–Kier alpha value is -1.93. The molecule has 0 unspecified atom stereocenters. The van der Waals surface area contributed by atoms with Gasteiger partial charge in [-0.1, -0.05) is 12.1 Å². The largest absolute Gasteiger partial charge is 0.478 e. The molecule has 1 fully saturated rings. The molecule has 0 saturated carbocycles. The number of amides is 1. The Morgan fingerprint density at radius 3 is 2.43 bits per heavy atom. The van der Waals surface area contributed by atoms with E-state index >= 15 is 0 Å². The number of carbonyl (C=O) groups is 2. The zero-order valence-corrected chi connectivity index (χ0v) is 12.1. The topological polar surface area (TPSA) is 104 Å². The smallest absolute Gasteiger partial charge is 0.335 e. The maximum Gasteiger partial charge on any atom is 0.335 e. The first-order valence-electron chi connectivity index (χ1n) is 6.45. The predicted molar refractivity (Wildman–Crippen MR) is 75.2 cm³/mol. The molecule has 1 aromatic carbocycles. The van der Waals surface area contributed by atoms with Crippen LogP contribution >= 0.6 is 0 Å². The number of aromatic carboxylic acids is 1. The maximum absolute atomic E-state index is 11.7. The molecule has 0 spiro atoms. The zero-order valence-electron chi connectivity index (χ0n) is 11.3. The second-order valence-electron chi connectivity index (χ2n) is 4.78. The van der Waals surface area contributed by atoms with Gasteiger partial charge in [-0.05, 0) is 24.1 Å². The van der Waals surface area contributed by atoms with E-state index in [1.54, 1.807) is 12.1 Å². The van der Waals surface area contributed by atoms with Crippen molar-refractivity contribution in [1.82, 2.24) is 9.62 Å². The Morgan fingerprint density at radius 2 is 1.90 bits per heavy atom. The first-order valence-corrected chi connectivity index (χ1v) is 8.06. The van der Waals surface area contributed by atoms with E-state index in [0.717, 1.165) is 5.56 Å². The summed E-state index contributed by atoms with van der Waals surface area (Å²) in [5, 5.41) is 11.4. The molecular weight excluding hydrogens is 296 g/mol. The molecular formula is C13H16N2O5S. The zero-order chi connectivity index (χ0) is 15.5. The highest BCUT2D eigenvalue weighted by Crippen LogP contribution is 2.12. The van der Waals surface area contributed by atoms with Crippen molar-refractivity contribution in [3.8, 4) is 0 Å². The number of hydrogen-bond acceptors (Lipinski definition) is 4. The summed E-state index contributed by atoms with van der Waals surface area (Å²) in [6.07, 6.45) is 0.548. The third-order valence-corrected chi connectivity index (χ3v) is 5.12. The van der Waals surface area contributed by atoms with E-state index in [2.05, 4.69) is 5.32 Å². The molecule has 0 bridgehead atoms. The van der Waals surface area contributed by atoms with E-state index in [0.29, 0.717) is 13.0 Å². The number of carboxylic acid groups (broad SMARTS) is 1. The van der Waals surface area contributed by atoms with Gasteiger partial charge in [0.25, 0.3) is 0 Å². The molecule has 2 N–H and O–H groups in total. The normalized spacial score (nSPS) is 17.5. The fourth-order valence-corrected chi connectivity index (χ4v) is 3.52. The van der Waals surface area contributed by atoms with Crippen molar-refractivity contribution in [3.05, 3.63) is 35.4 Å². The van der Waals surface area contributed by atoms with Crippen LogP contribution in [0, 0.1) is 0 Å². The Kier molecular flexibility index (Phi) is 4.59. The van der Waals surface area contributed by atoms with E-state index < -0.39 is 16.0 Å². The number of nitrogens with one attached hydrogen (secondary N) is 1. The van der Waals surface area contributed by atoms with Gasteiger partial charge in [-0.3, -0.25) is 4.79 Å². The van der Waals surface area contributed by atoms with Crippen molar-refractivity contribution in [3.63, 3.8) is 0 Å².